The Morgan fingerprint density at radius 1 is 1.04 bits per heavy atom. The molecule has 2 aromatic rings. The van der Waals surface area contributed by atoms with Crippen LogP contribution in [0.5, 0.6) is 11.5 Å². The summed E-state index contributed by atoms with van der Waals surface area (Å²) in [7, 11) is 0. The first-order chi connectivity index (χ1) is 22.0. The van der Waals surface area contributed by atoms with Crippen molar-refractivity contribution in [1.82, 2.24) is 25.4 Å². The van der Waals surface area contributed by atoms with Crippen LogP contribution in [-0.4, -0.2) is 82.9 Å². The second-order valence-corrected chi connectivity index (χ2v) is 14.8. The summed E-state index contributed by atoms with van der Waals surface area (Å²) in [5.41, 5.74) is 2.17. The normalized spacial score (nSPS) is 25.4. The highest BCUT2D eigenvalue weighted by atomic mass is 35.5. The number of hydrogen-bond acceptors (Lipinski definition) is 8. The third-order valence-corrected chi connectivity index (χ3v) is 11.5. The molecule has 1 unspecified atom stereocenters. The van der Waals surface area contributed by atoms with Gasteiger partial charge in [-0.15, -0.1) is 11.8 Å². The highest BCUT2D eigenvalue weighted by Crippen LogP contribution is 2.52. The summed E-state index contributed by atoms with van der Waals surface area (Å²) in [4.78, 5) is 45.7. The van der Waals surface area contributed by atoms with Crippen LogP contribution in [0.3, 0.4) is 0 Å². The van der Waals surface area contributed by atoms with Crippen molar-refractivity contribution in [3.05, 3.63) is 49.9 Å². The molecule has 1 aliphatic carbocycles. The number of carbonyl (C=O) groups excluding carboxylic acids is 2. The number of H-pyrrole nitrogens is 1. The van der Waals surface area contributed by atoms with Crippen LogP contribution in [-0.2, 0) is 11.3 Å². The van der Waals surface area contributed by atoms with E-state index in [1.54, 1.807) is 13.0 Å². The number of rotatable bonds is 8. The number of carbonyl (C=O) groups is 2. The van der Waals surface area contributed by atoms with E-state index in [9.17, 15) is 14.4 Å². The Morgan fingerprint density at radius 3 is 2.37 bits per heavy atom. The van der Waals surface area contributed by atoms with E-state index >= 15 is 0 Å². The minimum atomic E-state index is -0.854. The third-order valence-electron chi connectivity index (χ3n) is 10.4. The van der Waals surface area contributed by atoms with Gasteiger partial charge in [-0.1, -0.05) is 11.6 Å². The quantitative estimate of drug-likeness (QED) is 0.348. The molecule has 1 atom stereocenters. The standard InChI is InChI=1S/C34H46ClN5O5S/c1-19-14-29(46-5)27(33(43)37-19)16-36-32(42)26-15-28(35)31-30(20(26)2)44-34(4,45-31)22-6-8-25(9-7-22)40-17-24(18-40)38-23-10-12-39(13-11-23)21(3)41/h14-15,22-25,38H,6-13,16-18H2,1-5H3,(H,36,42)(H,37,43). The molecule has 0 radical (unpaired) electrons. The summed E-state index contributed by atoms with van der Waals surface area (Å²) in [5, 5.41) is 7.07. The maximum atomic E-state index is 13.3. The predicted molar refractivity (Wildman–Crippen MR) is 180 cm³/mol. The van der Waals surface area contributed by atoms with Gasteiger partial charge in [0.15, 0.2) is 11.5 Å². The Labute approximate surface area is 280 Å². The molecular weight excluding hydrogens is 626 g/mol. The SMILES string of the molecule is CSc1cc(C)[nH]c(=O)c1CNC(=O)c1cc(Cl)c2c(c1C)OC(C)(C1CCC(N3CC(NC4CCN(C(C)=O)CC4)C3)CC1)O2. The van der Waals surface area contributed by atoms with Gasteiger partial charge in [0.25, 0.3) is 17.3 Å². The molecule has 3 aliphatic heterocycles. The minimum Gasteiger partial charge on any atom is -0.448 e. The lowest BCUT2D eigenvalue weighted by atomic mass is 9.80. The van der Waals surface area contributed by atoms with E-state index in [0.29, 0.717) is 51.3 Å². The Bertz CT molecular complexity index is 1550. The molecule has 12 heteroatoms. The number of ether oxygens (including phenoxy) is 2. The molecule has 0 bridgehead atoms. The maximum Gasteiger partial charge on any atom is 0.254 e. The fourth-order valence-electron chi connectivity index (χ4n) is 7.62. The second-order valence-electron chi connectivity index (χ2n) is 13.5. The van der Waals surface area contributed by atoms with E-state index in [4.69, 9.17) is 21.1 Å². The lowest BCUT2D eigenvalue weighted by Gasteiger charge is -2.49. The molecule has 0 spiro atoms. The van der Waals surface area contributed by atoms with E-state index in [1.165, 1.54) is 11.8 Å². The zero-order valence-corrected chi connectivity index (χ0v) is 29.0. The van der Waals surface area contributed by atoms with Gasteiger partial charge < -0.3 is 30.0 Å². The number of aryl methyl sites for hydroxylation is 1. The van der Waals surface area contributed by atoms with E-state index in [2.05, 4.69) is 20.5 Å². The number of amides is 2. The Hall–Kier alpha value is -2.73. The summed E-state index contributed by atoms with van der Waals surface area (Å²) in [6.07, 6.45) is 8.12. The number of halogens is 1. The monoisotopic (exact) mass is 671 g/mol. The highest BCUT2D eigenvalue weighted by molar-refractivity contribution is 7.98. The lowest BCUT2D eigenvalue weighted by Crippen LogP contribution is -2.64. The number of nitrogens with one attached hydrogen (secondary N) is 3. The van der Waals surface area contributed by atoms with Gasteiger partial charge in [0, 0.05) is 97.9 Å². The van der Waals surface area contributed by atoms with Crippen LogP contribution in [0.25, 0.3) is 0 Å². The number of nitrogens with zero attached hydrogens (tertiary/aromatic N) is 2. The van der Waals surface area contributed by atoms with E-state index in [1.807, 2.05) is 38.0 Å². The van der Waals surface area contributed by atoms with E-state index < -0.39 is 5.79 Å². The van der Waals surface area contributed by atoms with Crippen molar-refractivity contribution in [1.29, 1.82) is 0 Å². The topological polar surface area (TPSA) is 116 Å². The number of likely N-dealkylation sites (tertiary alicyclic amines) is 2. The number of fused-ring (bicyclic) bond motifs is 1. The molecule has 6 rings (SSSR count). The third kappa shape index (κ3) is 6.66. The number of piperidine rings is 1. The summed E-state index contributed by atoms with van der Waals surface area (Å²) in [5.74, 6) is 0.212. The van der Waals surface area contributed by atoms with Gasteiger partial charge in [0.1, 0.15) is 0 Å². The zero-order valence-electron chi connectivity index (χ0n) is 27.5. The maximum absolute atomic E-state index is 13.3. The number of aromatic amines is 1. The zero-order chi connectivity index (χ0) is 32.7. The van der Waals surface area contributed by atoms with Crippen molar-refractivity contribution in [2.75, 3.05) is 32.4 Å². The molecule has 4 heterocycles. The summed E-state index contributed by atoms with van der Waals surface area (Å²) >= 11 is 8.16. The number of aromatic nitrogens is 1. The fourth-order valence-corrected chi connectivity index (χ4v) is 8.56. The highest BCUT2D eigenvalue weighted by Gasteiger charge is 2.48. The van der Waals surface area contributed by atoms with Gasteiger partial charge in [-0.2, -0.15) is 0 Å². The van der Waals surface area contributed by atoms with Crippen LogP contribution in [0.4, 0.5) is 0 Å². The van der Waals surface area contributed by atoms with E-state index in [0.717, 1.165) is 75.3 Å². The molecule has 250 valence electrons. The van der Waals surface area contributed by atoms with Crippen LogP contribution in [0.2, 0.25) is 5.02 Å². The molecule has 1 aromatic heterocycles. The largest absolute Gasteiger partial charge is 0.448 e. The predicted octanol–water partition coefficient (Wildman–Crippen LogP) is 4.63. The molecule has 3 fully saturated rings. The Balaban J connectivity index is 1.02. The van der Waals surface area contributed by atoms with Crippen LogP contribution in [0.1, 0.15) is 79.6 Å². The lowest BCUT2D eigenvalue weighted by molar-refractivity contribution is -0.130. The first-order valence-corrected chi connectivity index (χ1v) is 18.1. The van der Waals surface area contributed by atoms with Gasteiger partial charge in [-0.3, -0.25) is 19.3 Å². The average Bonchev–Trinajstić information content (AvgIpc) is 3.39. The van der Waals surface area contributed by atoms with Crippen molar-refractivity contribution < 1.29 is 19.1 Å². The Morgan fingerprint density at radius 2 is 1.72 bits per heavy atom. The number of hydrogen-bond donors (Lipinski definition) is 3. The van der Waals surface area contributed by atoms with Crippen molar-refractivity contribution in [3.8, 4) is 11.5 Å². The van der Waals surface area contributed by atoms with Gasteiger partial charge in [0.2, 0.25) is 5.91 Å². The molecule has 3 N–H and O–H groups in total. The van der Waals surface area contributed by atoms with Crippen molar-refractivity contribution in [2.24, 2.45) is 5.92 Å². The molecule has 10 nitrogen and oxygen atoms in total. The summed E-state index contributed by atoms with van der Waals surface area (Å²) in [6, 6.07) is 5.14. The fraction of sp³-hybridized carbons (Fsp3) is 0.618. The number of pyridine rings is 1. The van der Waals surface area contributed by atoms with Crippen LogP contribution < -0.4 is 25.7 Å². The summed E-state index contributed by atoms with van der Waals surface area (Å²) in [6.45, 7) is 11.3. The molecule has 2 saturated heterocycles. The van der Waals surface area contributed by atoms with Crippen molar-refractivity contribution in [3.63, 3.8) is 0 Å². The van der Waals surface area contributed by atoms with Gasteiger partial charge in [-0.25, -0.2) is 0 Å². The number of thioether (sulfide) groups is 1. The van der Waals surface area contributed by atoms with Gasteiger partial charge in [-0.05, 0) is 70.8 Å². The van der Waals surface area contributed by atoms with Crippen LogP contribution >= 0.6 is 23.4 Å². The average molecular weight is 672 g/mol. The molecule has 1 aromatic carbocycles. The Kier molecular flexibility index (Phi) is 9.67. The van der Waals surface area contributed by atoms with Gasteiger partial charge >= 0.3 is 0 Å². The van der Waals surface area contributed by atoms with Crippen LogP contribution in [0.15, 0.2) is 21.8 Å². The van der Waals surface area contributed by atoms with Crippen molar-refractivity contribution >= 4 is 35.2 Å². The molecule has 2 amide bonds. The van der Waals surface area contributed by atoms with Crippen molar-refractivity contribution in [2.45, 2.75) is 102 Å². The molecule has 1 saturated carbocycles. The van der Waals surface area contributed by atoms with Gasteiger partial charge in [0.05, 0.1) is 5.02 Å². The first kappa shape index (κ1) is 33.2. The molecule has 46 heavy (non-hydrogen) atoms. The minimum absolute atomic E-state index is 0.103. The molecule has 4 aliphatic rings. The summed E-state index contributed by atoms with van der Waals surface area (Å²) < 4.78 is 13.0. The smallest absolute Gasteiger partial charge is 0.254 e. The second kappa shape index (κ2) is 13.4. The first-order valence-electron chi connectivity index (χ1n) is 16.5. The molecular formula is C34H46ClN5O5S. The van der Waals surface area contributed by atoms with Crippen LogP contribution in [0, 0.1) is 19.8 Å². The number of benzene rings is 1. The van der Waals surface area contributed by atoms with E-state index in [-0.39, 0.29) is 29.8 Å².